The minimum atomic E-state index is -0.565. The van der Waals surface area contributed by atoms with Crippen LogP contribution in [0.5, 0.6) is 0 Å². The molecule has 2 aromatic carbocycles. The third-order valence-corrected chi connectivity index (χ3v) is 5.54. The second-order valence-electron chi connectivity index (χ2n) is 6.06. The Labute approximate surface area is 174 Å². The molecule has 4 nitrogen and oxygen atoms in total. The molecule has 2 aromatic rings. The van der Waals surface area contributed by atoms with E-state index in [1.807, 2.05) is 36.4 Å². The Hall–Kier alpha value is -1.69. The highest BCUT2D eigenvalue weighted by Crippen LogP contribution is 2.19. The Bertz CT molecular complexity index is 784. The average molecular weight is 425 g/mol. The van der Waals surface area contributed by atoms with Gasteiger partial charge in [-0.15, -0.1) is 11.8 Å². The fourth-order valence-corrected chi connectivity index (χ4v) is 3.74. The topological polar surface area (TPSA) is 49.4 Å². The van der Waals surface area contributed by atoms with Crippen molar-refractivity contribution in [1.29, 1.82) is 0 Å². The first-order valence-corrected chi connectivity index (χ1v) is 10.4. The molecule has 0 radical (unpaired) electrons. The number of nitrogens with one attached hydrogen (secondary N) is 1. The number of benzene rings is 2. The van der Waals surface area contributed by atoms with Crippen LogP contribution < -0.4 is 5.32 Å². The summed E-state index contributed by atoms with van der Waals surface area (Å²) >= 11 is 13.4. The van der Waals surface area contributed by atoms with Crippen LogP contribution in [0.25, 0.3) is 0 Å². The van der Waals surface area contributed by atoms with Gasteiger partial charge in [-0.3, -0.25) is 9.59 Å². The SMILES string of the molecule is CNC(=O)[C@@H](C)N(Cc1ccc(Cl)cc1)C(=O)CSCc1cccc(Cl)c1. The zero-order chi connectivity index (χ0) is 19.8. The number of nitrogens with zero attached hydrogens (tertiary/aromatic N) is 1. The zero-order valence-electron chi connectivity index (χ0n) is 15.2. The number of amides is 2. The number of carbonyl (C=O) groups excluding carboxylic acids is 2. The Kier molecular flexibility index (Phi) is 8.48. The van der Waals surface area contributed by atoms with Crippen LogP contribution in [0.3, 0.4) is 0 Å². The molecule has 0 aliphatic heterocycles. The molecule has 0 fully saturated rings. The molecule has 0 saturated carbocycles. The molecule has 0 bridgehead atoms. The first-order chi connectivity index (χ1) is 12.9. The average Bonchev–Trinajstić information content (AvgIpc) is 2.66. The molecule has 2 amide bonds. The molecule has 0 spiro atoms. The van der Waals surface area contributed by atoms with Gasteiger partial charge >= 0.3 is 0 Å². The van der Waals surface area contributed by atoms with Gasteiger partial charge in [0.1, 0.15) is 6.04 Å². The van der Waals surface area contributed by atoms with Crippen molar-refractivity contribution >= 4 is 46.8 Å². The number of likely N-dealkylation sites (N-methyl/N-ethyl adjacent to an activating group) is 1. The maximum Gasteiger partial charge on any atom is 0.242 e. The van der Waals surface area contributed by atoms with E-state index in [1.54, 1.807) is 31.0 Å². The van der Waals surface area contributed by atoms with Gasteiger partial charge in [-0.2, -0.15) is 0 Å². The van der Waals surface area contributed by atoms with Crippen LogP contribution in [0.1, 0.15) is 18.1 Å². The second-order valence-corrected chi connectivity index (χ2v) is 7.92. The highest BCUT2D eigenvalue weighted by Gasteiger charge is 2.25. The lowest BCUT2D eigenvalue weighted by Gasteiger charge is -2.28. The lowest BCUT2D eigenvalue weighted by molar-refractivity contribution is -0.138. The van der Waals surface area contributed by atoms with Crippen LogP contribution in [-0.4, -0.2) is 35.6 Å². The molecule has 0 saturated heterocycles. The van der Waals surface area contributed by atoms with Gasteiger partial charge in [-0.1, -0.05) is 47.5 Å². The Balaban J connectivity index is 2.03. The van der Waals surface area contributed by atoms with E-state index in [9.17, 15) is 9.59 Å². The smallest absolute Gasteiger partial charge is 0.242 e. The minimum absolute atomic E-state index is 0.0897. The third-order valence-electron chi connectivity index (χ3n) is 4.06. The van der Waals surface area contributed by atoms with Gasteiger partial charge in [0.05, 0.1) is 5.75 Å². The number of thioether (sulfide) groups is 1. The van der Waals surface area contributed by atoms with E-state index in [0.717, 1.165) is 11.1 Å². The number of carbonyl (C=O) groups is 2. The minimum Gasteiger partial charge on any atom is -0.357 e. The predicted molar refractivity (Wildman–Crippen MR) is 113 cm³/mol. The van der Waals surface area contributed by atoms with Crippen molar-refractivity contribution in [1.82, 2.24) is 10.2 Å². The van der Waals surface area contributed by atoms with Crippen LogP contribution >= 0.6 is 35.0 Å². The summed E-state index contributed by atoms with van der Waals surface area (Å²) in [5.74, 6) is 0.668. The Morgan fingerprint density at radius 2 is 1.78 bits per heavy atom. The molecule has 0 aliphatic rings. The van der Waals surface area contributed by atoms with E-state index in [-0.39, 0.29) is 17.6 Å². The van der Waals surface area contributed by atoms with Crippen molar-refractivity contribution in [2.45, 2.75) is 25.3 Å². The van der Waals surface area contributed by atoms with Gasteiger partial charge in [0, 0.05) is 29.4 Å². The number of rotatable bonds is 8. The maximum atomic E-state index is 12.8. The van der Waals surface area contributed by atoms with Gasteiger partial charge in [0.25, 0.3) is 0 Å². The number of hydrogen-bond acceptors (Lipinski definition) is 3. The summed E-state index contributed by atoms with van der Waals surface area (Å²) in [6.07, 6.45) is 0. The van der Waals surface area contributed by atoms with E-state index in [4.69, 9.17) is 23.2 Å². The molecule has 0 heterocycles. The van der Waals surface area contributed by atoms with Crippen LogP contribution in [0.2, 0.25) is 10.0 Å². The van der Waals surface area contributed by atoms with E-state index in [2.05, 4.69) is 5.32 Å². The summed E-state index contributed by atoms with van der Waals surface area (Å²) in [5.41, 5.74) is 1.98. The summed E-state index contributed by atoms with van der Waals surface area (Å²) < 4.78 is 0. The monoisotopic (exact) mass is 424 g/mol. The normalized spacial score (nSPS) is 11.7. The second kappa shape index (κ2) is 10.6. The van der Waals surface area contributed by atoms with Crippen LogP contribution in [-0.2, 0) is 21.9 Å². The predicted octanol–water partition coefficient (Wildman–Crippen LogP) is 4.39. The molecule has 1 atom stereocenters. The zero-order valence-corrected chi connectivity index (χ0v) is 17.6. The van der Waals surface area contributed by atoms with Gasteiger partial charge in [-0.05, 0) is 42.3 Å². The van der Waals surface area contributed by atoms with Crippen LogP contribution in [0, 0.1) is 0 Å². The summed E-state index contributed by atoms with van der Waals surface area (Å²) in [5, 5.41) is 3.92. The van der Waals surface area contributed by atoms with Crippen molar-refractivity contribution in [2.75, 3.05) is 12.8 Å². The maximum absolute atomic E-state index is 12.8. The lowest BCUT2D eigenvalue weighted by atomic mass is 10.1. The van der Waals surface area contributed by atoms with E-state index < -0.39 is 6.04 Å². The van der Waals surface area contributed by atoms with Crippen LogP contribution in [0.15, 0.2) is 48.5 Å². The molecule has 1 N–H and O–H groups in total. The third kappa shape index (κ3) is 6.76. The van der Waals surface area contributed by atoms with E-state index >= 15 is 0 Å². The van der Waals surface area contributed by atoms with Crippen LogP contribution in [0.4, 0.5) is 0 Å². The Morgan fingerprint density at radius 3 is 2.41 bits per heavy atom. The molecule has 2 rings (SSSR count). The fraction of sp³-hybridized carbons (Fsp3) is 0.300. The van der Waals surface area contributed by atoms with Crippen molar-refractivity contribution in [3.8, 4) is 0 Å². The highest BCUT2D eigenvalue weighted by atomic mass is 35.5. The molecule has 0 aliphatic carbocycles. The van der Waals surface area contributed by atoms with Crippen molar-refractivity contribution in [2.24, 2.45) is 0 Å². The van der Waals surface area contributed by atoms with Gasteiger partial charge in [-0.25, -0.2) is 0 Å². The first kappa shape index (κ1) is 21.6. The molecule has 144 valence electrons. The largest absolute Gasteiger partial charge is 0.357 e. The van der Waals surface area contributed by atoms with Crippen molar-refractivity contribution in [3.05, 3.63) is 69.7 Å². The van der Waals surface area contributed by atoms with Crippen molar-refractivity contribution in [3.63, 3.8) is 0 Å². The number of halogens is 2. The van der Waals surface area contributed by atoms with Gasteiger partial charge in [0.2, 0.25) is 11.8 Å². The van der Waals surface area contributed by atoms with E-state index in [0.29, 0.717) is 22.3 Å². The molecular weight excluding hydrogens is 403 g/mol. The molecule has 0 unspecified atom stereocenters. The molecule has 7 heteroatoms. The summed E-state index contributed by atoms with van der Waals surface area (Å²) in [6, 6.07) is 14.3. The lowest BCUT2D eigenvalue weighted by Crippen LogP contribution is -2.47. The Morgan fingerprint density at radius 1 is 1.07 bits per heavy atom. The summed E-state index contributed by atoms with van der Waals surface area (Å²) in [4.78, 5) is 26.5. The van der Waals surface area contributed by atoms with Gasteiger partial charge in [0.15, 0.2) is 0 Å². The fourth-order valence-electron chi connectivity index (χ4n) is 2.54. The van der Waals surface area contributed by atoms with Gasteiger partial charge < -0.3 is 10.2 Å². The quantitative estimate of drug-likeness (QED) is 0.683. The number of hydrogen-bond donors (Lipinski definition) is 1. The van der Waals surface area contributed by atoms with E-state index in [1.165, 1.54) is 11.8 Å². The summed E-state index contributed by atoms with van der Waals surface area (Å²) in [7, 11) is 1.57. The molecular formula is C20H22Cl2N2O2S. The standard InChI is InChI=1S/C20H22Cl2N2O2S/c1-14(20(26)23-2)24(11-15-6-8-17(21)9-7-15)19(25)13-27-12-16-4-3-5-18(22)10-16/h3-10,14H,11-13H2,1-2H3,(H,23,26)/t14-/m1/s1. The van der Waals surface area contributed by atoms with Crippen molar-refractivity contribution < 1.29 is 9.59 Å². The highest BCUT2D eigenvalue weighted by molar-refractivity contribution is 7.99. The molecule has 0 aromatic heterocycles. The molecule has 27 heavy (non-hydrogen) atoms. The summed E-state index contributed by atoms with van der Waals surface area (Å²) in [6.45, 7) is 2.08. The first-order valence-electron chi connectivity index (χ1n) is 8.48.